The monoisotopic (exact) mass is 308 g/mol. The second-order valence-electron chi connectivity index (χ2n) is 7.13. The minimum absolute atomic E-state index is 0.0107. The minimum Gasteiger partial charge on any atom is -0.340 e. The molecule has 0 unspecified atom stereocenters. The topological polar surface area (TPSA) is 32.3 Å². The molecule has 3 fully saturated rings. The summed E-state index contributed by atoms with van der Waals surface area (Å²) in [5, 5.41) is 0. The summed E-state index contributed by atoms with van der Waals surface area (Å²) in [6, 6.07) is 1.75. The highest BCUT2D eigenvalue weighted by atomic mass is 19.3. The van der Waals surface area contributed by atoms with Gasteiger partial charge in [-0.15, -0.1) is 0 Å². The number of rotatable bonds is 3. The van der Waals surface area contributed by atoms with Crippen LogP contribution in [0, 0.1) is 11.3 Å². The van der Waals surface area contributed by atoms with Crippen molar-refractivity contribution in [2.24, 2.45) is 11.3 Å². The normalized spacial score (nSPS) is 31.8. The van der Waals surface area contributed by atoms with Crippen LogP contribution in [-0.2, 0) is 0 Å². The fourth-order valence-electron chi connectivity index (χ4n) is 3.93. The predicted molar refractivity (Wildman–Crippen MR) is 80.0 cm³/mol. The van der Waals surface area contributed by atoms with E-state index in [-0.39, 0.29) is 6.42 Å². The Morgan fingerprint density at radius 1 is 1.09 bits per heavy atom. The largest absolute Gasteiger partial charge is 0.340 e. The van der Waals surface area contributed by atoms with E-state index >= 15 is 0 Å². The van der Waals surface area contributed by atoms with Crippen molar-refractivity contribution in [3.05, 3.63) is 18.5 Å². The number of anilines is 1. The van der Waals surface area contributed by atoms with E-state index in [1.54, 1.807) is 18.5 Å². The van der Waals surface area contributed by atoms with Crippen molar-refractivity contribution >= 4 is 5.95 Å². The molecule has 0 radical (unpaired) electrons. The summed E-state index contributed by atoms with van der Waals surface area (Å²) in [6.07, 6.45) is 6.40. The Bertz CT molecular complexity index is 534. The SMILES string of the molecule is FC1(F)CCN(CC2CC2)C[C@@]12CCN(c1ncccn1)C2. The number of piperidine rings is 1. The van der Waals surface area contributed by atoms with Crippen molar-refractivity contribution in [1.82, 2.24) is 14.9 Å². The molecule has 4 nitrogen and oxygen atoms in total. The highest BCUT2D eigenvalue weighted by Gasteiger charge is 2.59. The lowest BCUT2D eigenvalue weighted by Gasteiger charge is -2.46. The van der Waals surface area contributed by atoms with E-state index in [4.69, 9.17) is 0 Å². The molecule has 22 heavy (non-hydrogen) atoms. The third-order valence-corrected chi connectivity index (χ3v) is 5.45. The summed E-state index contributed by atoms with van der Waals surface area (Å²) < 4.78 is 29.4. The Morgan fingerprint density at radius 3 is 2.59 bits per heavy atom. The van der Waals surface area contributed by atoms with Crippen LogP contribution in [0.1, 0.15) is 25.7 Å². The van der Waals surface area contributed by atoms with Crippen LogP contribution in [0.2, 0.25) is 0 Å². The Hall–Kier alpha value is -1.30. The molecule has 3 aliphatic rings. The van der Waals surface area contributed by atoms with E-state index in [2.05, 4.69) is 14.9 Å². The van der Waals surface area contributed by atoms with Gasteiger partial charge in [0.05, 0.1) is 5.41 Å². The quantitative estimate of drug-likeness (QED) is 0.858. The summed E-state index contributed by atoms with van der Waals surface area (Å²) in [4.78, 5) is 12.6. The van der Waals surface area contributed by atoms with Gasteiger partial charge in [-0.05, 0) is 31.2 Å². The van der Waals surface area contributed by atoms with Gasteiger partial charge in [-0.3, -0.25) is 0 Å². The molecule has 1 saturated carbocycles. The summed E-state index contributed by atoms with van der Waals surface area (Å²) >= 11 is 0. The lowest BCUT2D eigenvalue weighted by Crippen LogP contribution is -2.57. The van der Waals surface area contributed by atoms with E-state index in [1.165, 1.54) is 12.8 Å². The van der Waals surface area contributed by atoms with Crippen molar-refractivity contribution in [2.45, 2.75) is 31.6 Å². The summed E-state index contributed by atoms with van der Waals surface area (Å²) in [5.41, 5.74) is -0.931. The zero-order valence-corrected chi connectivity index (χ0v) is 12.7. The lowest BCUT2D eigenvalue weighted by atomic mass is 9.75. The van der Waals surface area contributed by atoms with Crippen molar-refractivity contribution in [2.75, 3.05) is 37.6 Å². The molecule has 0 amide bonds. The van der Waals surface area contributed by atoms with E-state index in [1.807, 2.05) is 4.90 Å². The molecular weight excluding hydrogens is 286 g/mol. The molecule has 6 heteroatoms. The Morgan fingerprint density at radius 2 is 1.86 bits per heavy atom. The van der Waals surface area contributed by atoms with Gasteiger partial charge in [0.1, 0.15) is 0 Å². The van der Waals surface area contributed by atoms with E-state index in [9.17, 15) is 8.78 Å². The van der Waals surface area contributed by atoms with Crippen molar-refractivity contribution < 1.29 is 8.78 Å². The molecule has 1 aliphatic carbocycles. The number of alkyl halides is 2. The molecule has 2 aliphatic heterocycles. The maximum absolute atomic E-state index is 14.7. The van der Waals surface area contributed by atoms with Gasteiger partial charge in [-0.25, -0.2) is 18.7 Å². The lowest BCUT2D eigenvalue weighted by molar-refractivity contribution is -0.157. The minimum atomic E-state index is -2.59. The average Bonchev–Trinajstić information content (AvgIpc) is 3.22. The molecular formula is C16H22F2N4. The maximum Gasteiger partial charge on any atom is 0.257 e. The third kappa shape index (κ3) is 2.47. The van der Waals surface area contributed by atoms with Gasteiger partial charge < -0.3 is 9.80 Å². The average molecular weight is 308 g/mol. The van der Waals surface area contributed by atoms with Crippen molar-refractivity contribution in [3.63, 3.8) is 0 Å². The van der Waals surface area contributed by atoms with Crippen LogP contribution in [0.3, 0.4) is 0 Å². The van der Waals surface area contributed by atoms with E-state index < -0.39 is 11.3 Å². The molecule has 0 bridgehead atoms. The van der Waals surface area contributed by atoms with Crippen LogP contribution in [-0.4, -0.2) is 53.5 Å². The number of hydrogen-bond acceptors (Lipinski definition) is 4. The first-order chi connectivity index (χ1) is 10.6. The Kier molecular flexibility index (Phi) is 3.33. The molecule has 1 spiro atoms. The summed E-state index contributed by atoms with van der Waals surface area (Å²) in [6.45, 7) is 3.04. The number of likely N-dealkylation sites (tertiary alicyclic amines) is 1. The molecule has 1 aromatic rings. The first-order valence-corrected chi connectivity index (χ1v) is 8.20. The van der Waals surface area contributed by atoms with Gasteiger partial charge in [0.2, 0.25) is 5.95 Å². The molecule has 2 saturated heterocycles. The van der Waals surface area contributed by atoms with Gasteiger partial charge in [-0.2, -0.15) is 0 Å². The third-order valence-electron chi connectivity index (χ3n) is 5.45. The second-order valence-corrected chi connectivity index (χ2v) is 7.13. The van der Waals surface area contributed by atoms with E-state index in [0.29, 0.717) is 38.5 Å². The van der Waals surface area contributed by atoms with Crippen LogP contribution >= 0.6 is 0 Å². The summed E-state index contributed by atoms with van der Waals surface area (Å²) in [7, 11) is 0. The molecule has 3 heterocycles. The molecule has 0 N–H and O–H groups in total. The van der Waals surface area contributed by atoms with Crippen LogP contribution in [0.15, 0.2) is 18.5 Å². The zero-order valence-electron chi connectivity index (χ0n) is 12.7. The molecule has 1 aromatic heterocycles. The fraction of sp³-hybridized carbons (Fsp3) is 0.750. The van der Waals surface area contributed by atoms with Crippen LogP contribution in [0.25, 0.3) is 0 Å². The standard InChI is InChI=1S/C16H22F2N4/c17-16(18)5-8-21(10-13-2-3-13)11-15(16)4-9-22(12-15)14-19-6-1-7-20-14/h1,6-7,13H,2-5,8-12H2/t15-/m1/s1. The van der Waals surface area contributed by atoms with Crippen molar-refractivity contribution in [1.29, 1.82) is 0 Å². The Labute approximate surface area is 129 Å². The fourth-order valence-corrected chi connectivity index (χ4v) is 3.93. The van der Waals surface area contributed by atoms with Crippen LogP contribution < -0.4 is 4.90 Å². The van der Waals surface area contributed by atoms with Crippen LogP contribution in [0.4, 0.5) is 14.7 Å². The van der Waals surface area contributed by atoms with Gasteiger partial charge in [-0.1, -0.05) is 0 Å². The van der Waals surface area contributed by atoms with Gasteiger partial charge in [0.25, 0.3) is 5.92 Å². The number of halogens is 2. The molecule has 4 rings (SSSR count). The smallest absolute Gasteiger partial charge is 0.257 e. The first-order valence-electron chi connectivity index (χ1n) is 8.20. The predicted octanol–water partition coefficient (Wildman–Crippen LogP) is 2.42. The maximum atomic E-state index is 14.7. The number of nitrogens with zero attached hydrogens (tertiary/aromatic N) is 4. The Balaban J connectivity index is 1.52. The van der Waals surface area contributed by atoms with Crippen LogP contribution in [0.5, 0.6) is 0 Å². The zero-order chi connectivity index (χ0) is 15.2. The second kappa shape index (κ2) is 5.11. The first kappa shape index (κ1) is 14.3. The molecule has 0 aromatic carbocycles. The number of hydrogen-bond donors (Lipinski definition) is 0. The van der Waals surface area contributed by atoms with Crippen molar-refractivity contribution in [3.8, 4) is 0 Å². The highest BCUT2D eigenvalue weighted by molar-refractivity contribution is 5.33. The van der Waals surface area contributed by atoms with Gasteiger partial charge in [0.15, 0.2) is 0 Å². The van der Waals surface area contributed by atoms with Gasteiger partial charge >= 0.3 is 0 Å². The van der Waals surface area contributed by atoms with E-state index in [0.717, 1.165) is 12.5 Å². The van der Waals surface area contributed by atoms with Gasteiger partial charge in [0, 0.05) is 51.5 Å². The molecule has 120 valence electrons. The number of aromatic nitrogens is 2. The highest BCUT2D eigenvalue weighted by Crippen LogP contribution is 2.50. The molecule has 1 atom stereocenters. The summed E-state index contributed by atoms with van der Waals surface area (Å²) in [5.74, 6) is -1.26.